The fourth-order valence-corrected chi connectivity index (χ4v) is 2.91. The first-order chi connectivity index (χ1) is 8.72. The quantitative estimate of drug-likeness (QED) is 0.695. The first kappa shape index (κ1) is 11.7. The van der Waals surface area contributed by atoms with Crippen molar-refractivity contribution >= 4 is 11.9 Å². The molecule has 3 heterocycles. The van der Waals surface area contributed by atoms with Crippen LogP contribution in [-0.2, 0) is 14.5 Å². The lowest BCUT2D eigenvalue weighted by atomic mass is 10.0. The zero-order chi connectivity index (χ0) is 12.7. The molecule has 0 N–H and O–H groups in total. The van der Waals surface area contributed by atoms with Crippen molar-refractivity contribution in [3.05, 3.63) is 0 Å². The molecule has 0 aromatic rings. The van der Waals surface area contributed by atoms with Crippen LogP contribution >= 0.6 is 0 Å². The van der Waals surface area contributed by atoms with E-state index in [1.54, 1.807) is 4.90 Å². The Morgan fingerprint density at radius 2 is 2.28 bits per heavy atom. The van der Waals surface area contributed by atoms with Gasteiger partial charge in [0.2, 0.25) is 0 Å². The second-order valence-corrected chi connectivity index (χ2v) is 4.82. The van der Waals surface area contributed by atoms with Crippen molar-refractivity contribution in [2.24, 2.45) is 0 Å². The SMILES string of the molecule is CON1C(=O)N2C[C@H]1CC[C@H]2C(=O)N1CCCO1. The van der Waals surface area contributed by atoms with Gasteiger partial charge in [-0.15, -0.1) is 0 Å². The lowest BCUT2D eigenvalue weighted by Gasteiger charge is -2.31. The average Bonchev–Trinajstić information content (AvgIpc) is 2.98. The van der Waals surface area contributed by atoms with E-state index in [1.165, 1.54) is 17.2 Å². The first-order valence-electron chi connectivity index (χ1n) is 6.30. The smallest absolute Gasteiger partial charge is 0.309 e. The van der Waals surface area contributed by atoms with Crippen LogP contribution in [-0.4, -0.2) is 65.9 Å². The van der Waals surface area contributed by atoms with Gasteiger partial charge < -0.3 is 4.90 Å². The molecular formula is C11H17N3O4. The third-order valence-electron chi connectivity index (χ3n) is 3.80. The standard InChI is InChI=1S/C11H17N3O4/c1-17-14-8-3-4-9(12(7-8)11(14)16)10(15)13-5-2-6-18-13/h8-9H,2-7H2,1H3/t8-,9+/m1/s1. The number of carbonyl (C=O) groups excluding carboxylic acids is 2. The molecule has 0 aromatic carbocycles. The van der Waals surface area contributed by atoms with Crippen molar-refractivity contribution in [2.75, 3.05) is 26.8 Å². The molecule has 3 fully saturated rings. The molecule has 2 bridgehead atoms. The zero-order valence-corrected chi connectivity index (χ0v) is 10.4. The van der Waals surface area contributed by atoms with E-state index >= 15 is 0 Å². The Balaban J connectivity index is 1.74. The fraction of sp³-hybridized carbons (Fsp3) is 0.818. The summed E-state index contributed by atoms with van der Waals surface area (Å²) in [5.74, 6) is -0.0998. The van der Waals surface area contributed by atoms with Gasteiger partial charge in [-0.1, -0.05) is 0 Å². The third-order valence-corrected chi connectivity index (χ3v) is 3.80. The van der Waals surface area contributed by atoms with E-state index in [2.05, 4.69) is 0 Å². The van der Waals surface area contributed by atoms with Gasteiger partial charge in [0.1, 0.15) is 6.04 Å². The summed E-state index contributed by atoms with van der Waals surface area (Å²) in [7, 11) is 1.49. The van der Waals surface area contributed by atoms with Crippen LogP contribution in [0.5, 0.6) is 0 Å². The largest absolute Gasteiger partial charge is 0.345 e. The Bertz CT molecular complexity index is 369. The summed E-state index contributed by atoms with van der Waals surface area (Å²) in [5, 5.41) is 2.77. The Labute approximate surface area is 105 Å². The van der Waals surface area contributed by atoms with Gasteiger partial charge in [0.05, 0.1) is 26.3 Å². The van der Waals surface area contributed by atoms with Gasteiger partial charge in [0, 0.05) is 6.54 Å². The highest BCUT2D eigenvalue weighted by atomic mass is 16.7. The molecule has 0 saturated carbocycles. The van der Waals surface area contributed by atoms with Gasteiger partial charge in [-0.05, 0) is 19.3 Å². The summed E-state index contributed by atoms with van der Waals surface area (Å²) in [5.41, 5.74) is 0. The molecule has 100 valence electrons. The molecule has 0 aliphatic carbocycles. The average molecular weight is 255 g/mol. The van der Waals surface area contributed by atoms with Gasteiger partial charge >= 0.3 is 6.03 Å². The number of rotatable bonds is 2. The van der Waals surface area contributed by atoms with E-state index < -0.39 is 6.04 Å². The third kappa shape index (κ3) is 1.65. The normalized spacial score (nSPS) is 31.4. The lowest BCUT2D eigenvalue weighted by Crippen LogP contribution is -2.50. The minimum absolute atomic E-state index is 0.0750. The molecule has 3 rings (SSSR count). The summed E-state index contributed by atoms with van der Waals surface area (Å²) in [6.45, 7) is 1.77. The molecule has 0 radical (unpaired) electrons. The van der Waals surface area contributed by atoms with Crippen molar-refractivity contribution in [2.45, 2.75) is 31.3 Å². The number of amides is 3. The van der Waals surface area contributed by atoms with Gasteiger partial charge in [-0.2, -0.15) is 5.06 Å². The van der Waals surface area contributed by atoms with E-state index in [9.17, 15) is 9.59 Å². The number of hydroxylamine groups is 4. The summed E-state index contributed by atoms with van der Waals surface area (Å²) in [4.78, 5) is 36.3. The monoisotopic (exact) mass is 255 g/mol. The molecule has 7 heteroatoms. The van der Waals surface area contributed by atoms with Gasteiger partial charge in [-0.25, -0.2) is 9.86 Å². The molecule has 0 aromatic heterocycles. The van der Waals surface area contributed by atoms with Crippen LogP contribution in [0.4, 0.5) is 4.79 Å². The predicted molar refractivity (Wildman–Crippen MR) is 60.0 cm³/mol. The van der Waals surface area contributed by atoms with Crippen molar-refractivity contribution < 1.29 is 19.3 Å². The van der Waals surface area contributed by atoms with Crippen molar-refractivity contribution in [3.8, 4) is 0 Å². The fourth-order valence-electron chi connectivity index (χ4n) is 2.91. The predicted octanol–water partition coefficient (Wildman–Crippen LogP) is -0.0197. The minimum atomic E-state index is -0.396. The molecule has 7 nitrogen and oxygen atoms in total. The van der Waals surface area contributed by atoms with Crippen LogP contribution in [0.3, 0.4) is 0 Å². The maximum Gasteiger partial charge on any atom is 0.345 e. The van der Waals surface area contributed by atoms with Crippen LogP contribution in [0.1, 0.15) is 19.3 Å². The van der Waals surface area contributed by atoms with E-state index in [1.807, 2.05) is 0 Å². The minimum Gasteiger partial charge on any atom is -0.309 e. The van der Waals surface area contributed by atoms with Gasteiger partial charge in [0.25, 0.3) is 5.91 Å². The van der Waals surface area contributed by atoms with Crippen molar-refractivity contribution in [3.63, 3.8) is 0 Å². The van der Waals surface area contributed by atoms with Gasteiger partial charge in [-0.3, -0.25) is 14.5 Å². The number of nitrogens with zero attached hydrogens (tertiary/aromatic N) is 3. The lowest BCUT2D eigenvalue weighted by molar-refractivity contribution is -0.174. The Kier molecular flexibility index (Phi) is 2.87. The molecule has 3 amide bonds. The van der Waals surface area contributed by atoms with E-state index in [0.29, 0.717) is 26.1 Å². The molecule has 2 atom stereocenters. The maximum absolute atomic E-state index is 12.3. The van der Waals surface area contributed by atoms with Crippen LogP contribution in [0, 0.1) is 0 Å². The Hall–Kier alpha value is -1.34. The first-order valence-corrected chi connectivity index (χ1v) is 6.30. The molecule has 18 heavy (non-hydrogen) atoms. The number of urea groups is 1. The highest BCUT2D eigenvalue weighted by Gasteiger charge is 2.48. The van der Waals surface area contributed by atoms with E-state index in [0.717, 1.165) is 12.8 Å². The van der Waals surface area contributed by atoms with Gasteiger partial charge in [0.15, 0.2) is 0 Å². The molecule has 3 aliphatic rings. The van der Waals surface area contributed by atoms with Crippen LogP contribution < -0.4 is 0 Å². The summed E-state index contributed by atoms with van der Waals surface area (Å²) in [6.07, 6.45) is 2.33. The molecule has 3 saturated heterocycles. The Morgan fingerprint density at radius 1 is 1.44 bits per heavy atom. The summed E-state index contributed by atoms with van der Waals surface area (Å²) < 4.78 is 0. The number of hydrogen-bond donors (Lipinski definition) is 0. The maximum atomic E-state index is 12.3. The molecule has 3 aliphatic heterocycles. The zero-order valence-electron chi connectivity index (χ0n) is 10.4. The number of carbonyl (C=O) groups is 2. The van der Waals surface area contributed by atoms with Crippen molar-refractivity contribution in [1.82, 2.24) is 15.0 Å². The number of piperidine rings is 1. The highest BCUT2D eigenvalue weighted by Crippen LogP contribution is 2.30. The second-order valence-electron chi connectivity index (χ2n) is 4.82. The van der Waals surface area contributed by atoms with Crippen LogP contribution in [0.15, 0.2) is 0 Å². The van der Waals surface area contributed by atoms with E-state index in [-0.39, 0.29) is 18.0 Å². The molecule has 0 unspecified atom stereocenters. The van der Waals surface area contributed by atoms with Crippen molar-refractivity contribution in [1.29, 1.82) is 0 Å². The summed E-state index contributed by atoms with van der Waals surface area (Å²) in [6, 6.07) is -0.532. The second kappa shape index (κ2) is 4.40. The highest BCUT2D eigenvalue weighted by molar-refractivity contribution is 5.88. The topological polar surface area (TPSA) is 62.3 Å². The van der Waals surface area contributed by atoms with E-state index in [4.69, 9.17) is 9.68 Å². The number of hydrogen-bond acceptors (Lipinski definition) is 4. The van der Waals surface area contributed by atoms with Crippen LogP contribution in [0.2, 0.25) is 0 Å². The molecule has 0 spiro atoms. The van der Waals surface area contributed by atoms with Crippen LogP contribution in [0.25, 0.3) is 0 Å². The Morgan fingerprint density at radius 3 is 2.94 bits per heavy atom. The number of fused-ring (bicyclic) bond motifs is 2. The molecular weight excluding hydrogens is 238 g/mol. The summed E-state index contributed by atoms with van der Waals surface area (Å²) >= 11 is 0.